The molecular formula is C15H21N5O4. The van der Waals surface area contributed by atoms with Gasteiger partial charge in [-0.1, -0.05) is 0 Å². The van der Waals surface area contributed by atoms with E-state index in [1.165, 1.54) is 6.33 Å². The molecule has 4 N–H and O–H groups in total. The molecule has 2 aromatic rings. The number of rotatable bonds is 4. The van der Waals surface area contributed by atoms with E-state index in [1.54, 1.807) is 10.9 Å². The predicted octanol–water partition coefficient (Wildman–Crippen LogP) is -0.208. The Morgan fingerprint density at radius 2 is 2.08 bits per heavy atom. The summed E-state index contributed by atoms with van der Waals surface area (Å²) in [7, 11) is 0. The second-order valence-electron chi connectivity index (χ2n) is 6.43. The molecule has 0 spiro atoms. The summed E-state index contributed by atoms with van der Waals surface area (Å²) in [6.07, 6.45) is 3.85. The molecule has 0 amide bonds. The summed E-state index contributed by atoms with van der Waals surface area (Å²) in [4.78, 5) is 12.9. The highest BCUT2D eigenvalue weighted by atomic mass is 16.5. The summed E-state index contributed by atoms with van der Waals surface area (Å²) in [6, 6.07) is -0.0414. The lowest BCUT2D eigenvalue weighted by Crippen LogP contribution is -2.28. The van der Waals surface area contributed by atoms with E-state index in [1.807, 2.05) is 0 Å². The fourth-order valence-corrected chi connectivity index (χ4v) is 3.53. The van der Waals surface area contributed by atoms with Crippen molar-refractivity contribution in [2.45, 2.75) is 56.3 Å². The number of aliphatic hydroxyl groups is 3. The Morgan fingerprint density at radius 1 is 1.21 bits per heavy atom. The number of imidazole rings is 1. The quantitative estimate of drug-likeness (QED) is 0.605. The first-order valence-electron chi connectivity index (χ1n) is 8.24. The minimum Gasteiger partial charge on any atom is -0.394 e. The molecule has 9 nitrogen and oxygen atoms in total. The second kappa shape index (κ2) is 6.25. The Labute approximate surface area is 138 Å². The number of fused-ring (bicyclic) bond motifs is 1. The van der Waals surface area contributed by atoms with E-state index in [4.69, 9.17) is 4.74 Å². The van der Waals surface area contributed by atoms with Gasteiger partial charge in [0.15, 0.2) is 23.2 Å². The summed E-state index contributed by atoms with van der Waals surface area (Å²) in [5.74, 6) is 0.566. The molecule has 2 aromatic heterocycles. The van der Waals surface area contributed by atoms with Crippen LogP contribution in [-0.4, -0.2) is 65.8 Å². The van der Waals surface area contributed by atoms with E-state index in [0.717, 1.165) is 19.3 Å². The predicted molar refractivity (Wildman–Crippen MR) is 84.2 cm³/mol. The minimum atomic E-state index is -0.734. The summed E-state index contributed by atoms with van der Waals surface area (Å²) in [6.45, 7) is -0.137. The first-order valence-corrected chi connectivity index (χ1v) is 8.24. The molecule has 2 fully saturated rings. The summed E-state index contributed by atoms with van der Waals surface area (Å²) >= 11 is 0. The Balaban J connectivity index is 1.64. The molecule has 1 aliphatic heterocycles. The van der Waals surface area contributed by atoms with Gasteiger partial charge >= 0.3 is 0 Å². The van der Waals surface area contributed by atoms with Gasteiger partial charge in [-0.2, -0.15) is 0 Å². The average Bonchev–Trinajstić information content (AvgIpc) is 3.27. The Kier molecular flexibility index (Phi) is 4.09. The van der Waals surface area contributed by atoms with E-state index < -0.39 is 18.4 Å². The molecule has 5 atom stereocenters. The van der Waals surface area contributed by atoms with Gasteiger partial charge in [-0.05, 0) is 19.3 Å². The van der Waals surface area contributed by atoms with E-state index in [0.29, 0.717) is 23.4 Å². The molecule has 4 rings (SSSR count). The van der Waals surface area contributed by atoms with Crippen LogP contribution in [0.5, 0.6) is 0 Å². The molecular weight excluding hydrogens is 314 g/mol. The highest BCUT2D eigenvalue weighted by Crippen LogP contribution is 2.32. The second-order valence-corrected chi connectivity index (χ2v) is 6.43. The minimum absolute atomic E-state index is 0.0414. The van der Waals surface area contributed by atoms with E-state index in [9.17, 15) is 15.3 Å². The topological polar surface area (TPSA) is 126 Å². The number of hydrogen-bond acceptors (Lipinski definition) is 8. The van der Waals surface area contributed by atoms with Crippen LogP contribution in [0.4, 0.5) is 5.82 Å². The van der Waals surface area contributed by atoms with Crippen LogP contribution in [0.1, 0.15) is 31.9 Å². The van der Waals surface area contributed by atoms with E-state index >= 15 is 0 Å². The fourth-order valence-electron chi connectivity index (χ4n) is 3.53. The molecule has 130 valence electrons. The smallest absolute Gasteiger partial charge is 0.167 e. The third-order valence-corrected chi connectivity index (χ3v) is 4.80. The van der Waals surface area contributed by atoms with Crippen LogP contribution in [0.15, 0.2) is 12.7 Å². The monoisotopic (exact) mass is 335 g/mol. The third-order valence-electron chi connectivity index (χ3n) is 4.80. The van der Waals surface area contributed by atoms with E-state index in [-0.39, 0.29) is 18.8 Å². The molecule has 9 heteroatoms. The lowest BCUT2D eigenvalue weighted by molar-refractivity contribution is -0.0486. The van der Waals surface area contributed by atoms with Gasteiger partial charge in [0.25, 0.3) is 0 Å². The van der Waals surface area contributed by atoms with Crippen molar-refractivity contribution in [3.63, 3.8) is 0 Å². The number of hydrogen-bond donors (Lipinski definition) is 4. The maximum atomic E-state index is 10.2. The van der Waals surface area contributed by atoms with Gasteiger partial charge in [-0.25, -0.2) is 15.0 Å². The molecule has 0 bridgehead atoms. The first-order chi connectivity index (χ1) is 11.7. The average molecular weight is 335 g/mol. The zero-order valence-electron chi connectivity index (χ0n) is 13.1. The molecule has 1 saturated heterocycles. The number of anilines is 1. The first kappa shape index (κ1) is 15.7. The van der Waals surface area contributed by atoms with Crippen molar-refractivity contribution < 1.29 is 20.1 Å². The van der Waals surface area contributed by atoms with Gasteiger partial charge < -0.3 is 25.4 Å². The number of nitrogens with zero attached hydrogens (tertiary/aromatic N) is 4. The normalized spacial score (nSPS) is 33.4. The SMILES string of the molecule is OC[C@@H]1C[C@@H](O)[C@H](n2cnc3c(N[C@H]4CCC[C@@H]4O)ncnc32)O1. The zero-order chi connectivity index (χ0) is 16.7. The number of aromatic nitrogens is 4. The van der Waals surface area contributed by atoms with Crippen molar-refractivity contribution in [2.24, 2.45) is 0 Å². The van der Waals surface area contributed by atoms with Crippen molar-refractivity contribution in [3.05, 3.63) is 12.7 Å². The molecule has 1 aliphatic carbocycles. The molecule has 0 unspecified atom stereocenters. The lowest BCUT2D eigenvalue weighted by atomic mass is 10.2. The third kappa shape index (κ3) is 2.63. The van der Waals surface area contributed by atoms with Crippen LogP contribution in [-0.2, 0) is 4.74 Å². The Morgan fingerprint density at radius 3 is 2.79 bits per heavy atom. The number of nitrogens with one attached hydrogen (secondary N) is 1. The van der Waals surface area contributed by atoms with Gasteiger partial charge in [-0.3, -0.25) is 4.57 Å². The highest BCUT2D eigenvalue weighted by molar-refractivity contribution is 5.82. The van der Waals surface area contributed by atoms with Crippen LogP contribution >= 0.6 is 0 Å². The Hall–Kier alpha value is -1.81. The highest BCUT2D eigenvalue weighted by Gasteiger charge is 2.36. The number of aliphatic hydroxyl groups excluding tert-OH is 3. The molecule has 0 aromatic carbocycles. The zero-order valence-corrected chi connectivity index (χ0v) is 13.1. The van der Waals surface area contributed by atoms with Crippen molar-refractivity contribution in [3.8, 4) is 0 Å². The molecule has 0 radical (unpaired) electrons. The van der Waals surface area contributed by atoms with Gasteiger partial charge in [-0.15, -0.1) is 0 Å². The summed E-state index contributed by atoms with van der Waals surface area (Å²) in [5.41, 5.74) is 1.11. The van der Waals surface area contributed by atoms with Gasteiger partial charge in [0.2, 0.25) is 0 Å². The lowest BCUT2D eigenvalue weighted by Gasteiger charge is -2.18. The maximum Gasteiger partial charge on any atom is 0.167 e. The summed E-state index contributed by atoms with van der Waals surface area (Å²) in [5, 5.41) is 32.6. The fraction of sp³-hybridized carbons (Fsp3) is 0.667. The van der Waals surface area contributed by atoms with Crippen molar-refractivity contribution in [1.82, 2.24) is 19.5 Å². The molecule has 3 heterocycles. The molecule has 1 saturated carbocycles. The largest absolute Gasteiger partial charge is 0.394 e. The van der Waals surface area contributed by atoms with Crippen molar-refractivity contribution in [1.29, 1.82) is 0 Å². The Bertz CT molecular complexity index is 723. The van der Waals surface area contributed by atoms with Crippen LogP contribution in [0.25, 0.3) is 11.2 Å². The van der Waals surface area contributed by atoms with Crippen LogP contribution in [0.3, 0.4) is 0 Å². The number of ether oxygens (including phenoxy) is 1. The molecule has 2 aliphatic rings. The van der Waals surface area contributed by atoms with Crippen molar-refractivity contribution in [2.75, 3.05) is 11.9 Å². The van der Waals surface area contributed by atoms with E-state index in [2.05, 4.69) is 20.3 Å². The standard InChI is InChI=1S/C15H21N5O4/c21-5-8-4-11(23)15(24-8)20-7-18-12-13(16-6-17-14(12)20)19-9-2-1-3-10(9)22/h6-11,15,21-23H,1-5H2,(H,16,17,19)/t8-,9-,10-,11+,15+/m0/s1. The van der Waals surface area contributed by atoms with Gasteiger partial charge in [0, 0.05) is 6.42 Å². The van der Waals surface area contributed by atoms with Crippen LogP contribution < -0.4 is 5.32 Å². The van der Waals surface area contributed by atoms with Gasteiger partial charge in [0.1, 0.15) is 12.4 Å². The van der Waals surface area contributed by atoms with Gasteiger partial charge in [0.05, 0.1) is 31.2 Å². The van der Waals surface area contributed by atoms with Crippen LogP contribution in [0.2, 0.25) is 0 Å². The summed E-state index contributed by atoms with van der Waals surface area (Å²) < 4.78 is 7.33. The maximum absolute atomic E-state index is 10.2. The van der Waals surface area contributed by atoms with Crippen molar-refractivity contribution >= 4 is 17.0 Å². The van der Waals surface area contributed by atoms with Crippen LogP contribution in [0, 0.1) is 0 Å². The molecule has 24 heavy (non-hydrogen) atoms.